The summed E-state index contributed by atoms with van der Waals surface area (Å²) < 4.78 is 0. The predicted molar refractivity (Wildman–Crippen MR) is 146 cm³/mol. The number of phenols is 1. The third-order valence-electron chi connectivity index (χ3n) is 5.50. The third kappa shape index (κ3) is 6.79. The van der Waals surface area contributed by atoms with Gasteiger partial charge in [-0.05, 0) is 48.0 Å². The number of benzene rings is 4. The number of nitro benzene ring substituents is 1. The third-order valence-corrected chi connectivity index (χ3v) is 6.75. The number of nitro groups is 1. The molecule has 0 fully saturated rings. The summed E-state index contributed by atoms with van der Waals surface area (Å²) in [5, 5.41) is 34.7. The number of carboxylic acid groups (broad SMARTS) is 1. The number of aromatic carboxylic acids is 1. The number of carbonyl (C=O) groups excluding carboxylic acids is 2. The SMILES string of the molecule is O=C(Nc1cccc(SC(C(=O)Nc2ccc(O)c(C(=O)O)c2)c2ccccc2)c1)c1cccc([N+](=O)[O-])c1. The molecular formula is C28H21N3O7S. The molecule has 4 aromatic carbocycles. The van der Waals surface area contributed by atoms with Gasteiger partial charge in [0.1, 0.15) is 16.6 Å². The van der Waals surface area contributed by atoms with Crippen LogP contribution in [0.2, 0.25) is 0 Å². The molecule has 0 aromatic heterocycles. The maximum Gasteiger partial charge on any atom is 0.339 e. The summed E-state index contributed by atoms with van der Waals surface area (Å²) in [4.78, 5) is 48.5. The van der Waals surface area contributed by atoms with Gasteiger partial charge in [-0.25, -0.2) is 4.79 Å². The Kier molecular flexibility index (Phi) is 8.22. The molecule has 0 spiro atoms. The molecule has 1 atom stereocenters. The van der Waals surface area contributed by atoms with E-state index in [4.69, 9.17) is 0 Å². The first kappa shape index (κ1) is 26.9. The molecule has 0 aliphatic carbocycles. The second-order valence-electron chi connectivity index (χ2n) is 8.22. The lowest BCUT2D eigenvalue weighted by Gasteiger charge is -2.18. The van der Waals surface area contributed by atoms with Crippen molar-refractivity contribution in [2.24, 2.45) is 0 Å². The van der Waals surface area contributed by atoms with E-state index < -0.39 is 33.7 Å². The number of thioether (sulfide) groups is 1. The van der Waals surface area contributed by atoms with E-state index in [1.807, 2.05) is 6.07 Å². The standard InChI is InChI=1S/C28H21N3O7S/c32-24-13-12-20(16-23(24)28(35)36)30-27(34)25(17-6-2-1-3-7-17)39-22-11-5-9-19(15-22)29-26(33)18-8-4-10-21(14-18)31(37)38/h1-16,25,32H,(H,29,33)(H,30,34)(H,35,36). The Morgan fingerprint density at radius 3 is 2.26 bits per heavy atom. The van der Waals surface area contributed by atoms with Gasteiger partial charge in [-0.3, -0.25) is 19.7 Å². The van der Waals surface area contributed by atoms with Crippen LogP contribution in [0.5, 0.6) is 5.75 Å². The van der Waals surface area contributed by atoms with Crippen molar-refractivity contribution in [2.75, 3.05) is 10.6 Å². The molecule has 0 saturated carbocycles. The van der Waals surface area contributed by atoms with Crippen molar-refractivity contribution in [1.82, 2.24) is 0 Å². The molecular weight excluding hydrogens is 522 g/mol. The Labute approximate surface area is 226 Å². The van der Waals surface area contributed by atoms with E-state index in [1.165, 1.54) is 54.2 Å². The summed E-state index contributed by atoms with van der Waals surface area (Å²) in [5.74, 6) is -2.71. The van der Waals surface area contributed by atoms with Crippen LogP contribution in [0, 0.1) is 10.1 Å². The fraction of sp³-hybridized carbons (Fsp3) is 0.0357. The molecule has 4 aromatic rings. The minimum absolute atomic E-state index is 0.124. The van der Waals surface area contributed by atoms with Crippen molar-refractivity contribution in [3.05, 3.63) is 124 Å². The largest absolute Gasteiger partial charge is 0.507 e. The minimum atomic E-state index is -1.33. The van der Waals surface area contributed by atoms with Crippen molar-refractivity contribution < 1.29 is 29.5 Å². The maximum atomic E-state index is 13.4. The average Bonchev–Trinajstić information content (AvgIpc) is 2.93. The van der Waals surface area contributed by atoms with Crippen LogP contribution in [0.4, 0.5) is 17.1 Å². The van der Waals surface area contributed by atoms with E-state index in [0.29, 0.717) is 16.1 Å². The van der Waals surface area contributed by atoms with Crippen molar-refractivity contribution in [3.8, 4) is 5.75 Å². The highest BCUT2D eigenvalue weighted by Gasteiger charge is 2.23. The number of anilines is 2. The van der Waals surface area contributed by atoms with Crippen molar-refractivity contribution in [3.63, 3.8) is 0 Å². The number of nitrogens with zero attached hydrogens (tertiary/aromatic N) is 1. The van der Waals surface area contributed by atoms with E-state index in [1.54, 1.807) is 48.5 Å². The molecule has 0 heterocycles. The molecule has 196 valence electrons. The van der Waals surface area contributed by atoms with E-state index in [9.17, 15) is 34.7 Å². The van der Waals surface area contributed by atoms with Gasteiger partial charge in [0.05, 0.1) is 4.92 Å². The minimum Gasteiger partial charge on any atom is -0.507 e. The topological polar surface area (TPSA) is 159 Å². The van der Waals surface area contributed by atoms with Gasteiger partial charge in [0.2, 0.25) is 5.91 Å². The second kappa shape index (κ2) is 11.9. The lowest BCUT2D eigenvalue weighted by Crippen LogP contribution is -2.19. The number of carboxylic acids is 1. The highest BCUT2D eigenvalue weighted by Crippen LogP contribution is 2.37. The monoisotopic (exact) mass is 543 g/mol. The molecule has 39 heavy (non-hydrogen) atoms. The lowest BCUT2D eigenvalue weighted by atomic mass is 10.1. The molecule has 2 amide bonds. The first-order valence-corrected chi connectivity index (χ1v) is 12.3. The van der Waals surface area contributed by atoms with E-state index in [0.717, 1.165) is 0 Å². The van der Waals surface area contributed by atoms with Crippen molar-refractivity contribution in [1.29, 1.82) is 0 Å². The van der Waals surface area contributed by atoms with Gasteiger partial charge in [-0.1, -0.05) is 42.5 Å². The number of hydrogen-bond acceptors (Lipinski definition) is 7. The molecule has 0 saturated heterocycles. The number of nitrogens with one attached hydrogen (secondary N) is 2. The maximum absolute atomic E-state index is 13.4. The summed E-state index contributed by atoms with van der Waals surface area (Å²) in [6.07, 6.45) is 0. The number of amides is 2. The summed E-state index contributed by atoms with van der Waals surface area (Å²) in [5.41, 5.74) is 0.890. The Bertz CT molecular complexity index is 1560. The molecule has 0 bridgehead atoms. The zero-order valence-corrected chi connectivity index (χ0v) is 20.9. The van der Waals surface area contributed by atoms with E-state index in [-0.39, 0.29) is 22.5 Å². The van der Waals surface area contributed by atoms with Crippen LogP contribution in [-0.2, 0) is 4.79 Å². The number of aromatic hydroxyl groups is 1. The number of hydrogen-bond donors (Lipinski definition) is 4. The quantitative estimate of drug-likeness (QED) is 0.0902. The summed E-state index contributed by atoms with van der Waals surface area (Å²) in [6.45, 7) is 0. The second-order valence-corrected chi connectivity index (χ2v) is 9.40. The Hall–Kier alpha value is -5.16. The fourth-order valence-electron chi connectivity index (χ4n) is 3.64. The fourth-order valence-corrected chi connectivity index (χ4v) is 4.72. The van der Waals surface area contributed by atoms with Crippen molar-refractivity contribution >= 4 is 46.6 Å². The summed E-state index contributed by atoms with van der Waals surface area (Å²) in [6, 6.07) is 24.9. The highest BCUT2D eigenvalue weighted by atomic mass is 32.2. The average molecular weight is 544 g/mol. The number of non-ortho nitro benzene ring substituents is 1. The molecule has 0 radical (unpaired) electrons. The molecule has 11 heteroatoms. The zero-order valence-electron chi connectivity index (χ0n) is 20.1. The van der Waals surface area contributed by atoms with Crippen LogP contribution in [0.1, 0.15) is 31.5 Å². The number of rotatable bonds is 9. The number of carbonyl (C=O) groups is 3. The van der Waals surface area contributed by atoms with E-state index >= 15 is 0 Å². The van der Waals surface area contributed by atoms with Crippen molar-refractivity contribution in [2.45, 2.75) is 10.1 Å². The molecule has 10 nitrogen and oxygen atoms in total. The van der Waals surface area contributed by atoms with Gasteiger partial charge in [0, 0.05) is 34.0 Å². The highest BCUT2D eigenvalue weighted by molar-refractivity contribution is 8.00. The van der Waals surface area contributed by atoms with Crippen LogP contribution < -0.4 is 10.6 Å². The van der Waals surface area contributed by atoms with E-state index in [2.05, 4.69) is 10.6 Å². The summed E-state index contributed by atoms with van der Waals surface area (Å²) >= 11 is 1.21. The smallest absolute Gasteiger partial charge is 0.339 e. The Morgan fingerprint density at radius 1 is 0.821 bits per heavy atom. The molecule has 0 aliphatic heterocycles. The summed E-state index contributed by atoms with van der Waals surface area (Å²) in [7, 11) is 0. The zero-order chi connectivity index (χ0) is 27.9. The van der Waals surface area contributed by atoms with Gasteiger partial charge < -0.3 is 20.8 Å². The first-order chi connectivity index (χ1) is 18.7. The van der Waals surface area contributed by atoms with Crippen LogP contribution in [0.3, 0.4) is 0 Å². The van der Waals surface area contributed by atoms with Crippen LogP contribution >= 0.6 is 11.8 Å². The molecule has 4 rings (SSSR count). The molecule has 0 aliphatic rings. The Morgan fingerprint density at radius 2 is 1.54 bits per heavy atom. The normalized spacial score (nSPS) is 11.3. The van der Waals surface area contributed by atoms with Crippen LogP contribution in [-0.4, -0.2) is 32.9 Å². The van der Waals surface area contributed by atoms with Gasteiger partial charge in [-0.15, -0.1) is 11.8 Å². The molecule has 1 unspecified atom stereocenters. The Balaban J connectivity index is 1.55. The van der Waals surface area contributed by atoms with Gasteiger partial charge >= 0.3 is 5.97 Å². The predicted octanol–water partition coefficient (Wildman–Crippen LogP) is 5.72. The van der Waals surface area contributed by atoms with Gasteiger partial charge in [0.25, 0.3) is 11.6 Å². The van der Waals surface area contributed by atoms with Gasteiger partial charge in [-0.2, -0.15) is 0 Å². The lowest BCUT2D eigenvalue weighted by molar-refractivity contribution is -0.384. The van der Waals surface area contributed by atoms with Crippen LogP contribution in [0.25, 0.3) is 0 Å². The first-order valence-electron chi connectivity index (χ1n) is 11.5. The molecule has 4 N–H and O–H groups in total. The van der Waals surface area contributed by atoms with Crippen LogP contribution in [0.15, 0.2) is 102 Å². The van der Waals surface area contributed by atoms with Gasteiger partial charge in [0.15, 0.2) is 0 Å².